The molecule has 2 saturated heterocycles. The topological polar surface area (TPSA) is 70.2 Å². The zero-order chi connectivity index (χ0) is 22.8. The molecule has 3 aliphatic heterocycles. The maximum Gasteiger partial charge on any atom is 0.409 e. The first-order valence-electron chi connectivity index (χ1n) is 11.5. The second kappa shape index (κ2) is 9.30. The van der Waals surface area contributed by atoms with Crippen LogP contribution in [0.25, 0.3) is 5.57 Å². The lowest BCUT2D eigenvalue weighted by Crippen LogP contribution is -2.50. The molecule has 3 aliphatic rings. The zero-order valence-electron chi connectivity index (χ0n) is 18.7. The maximum atomic E-state index is 13.6. The molecule has 8 heteroatoms. The number of piperidine rings is 2. The smallest absolute Gasteiger partial charge is 0.409 e. The number of rotatable bonds is 4. The lowest BCUT2D eigenvalue weighted by molar-refractivity contribution is -0.141. The molecule has 7 nitrogen and oxygen atoms in total. The van der Waals surface area contributed by atoms with E-state index in [0.717, 1.165) is 25.9 Å². The van der Waals surface area contributed by atoms with Crippen molar-refractivity contribution in [3.05, 3.63) is 41.3 Å². The second-order valence-corrected chi connectivity index (χ2v) is 8.80. The van der Waals surface area contributed by atoms with Crippen LogP contribution in [0.4, 0.5) is 9.18 Å². The summed E-state index contributed by atoms with van der Waals surface area (Å²) in [4.78, 5) is 44.2. The van der Waals surface area contributed by atoms with Gasteiger partial charge in [-0.25, -0.2) is 9.18 Å². The van der Waals surface area contributed by atoms with Crippen molar-refractivity contribution in [3.8, 4) is 0 Å². The van der Waals surface area contributed by atoms with Gasteiger partial charge in [-0.05, 0) is 56.2 Å². The number of imide groups is 1. The highest BCUT2D eigenvalue weighted by molar-refractivity contribution is 6.35. The molecule has 3 heterocycles. The molecule has 0 unspecified atom stereocenters. The van der Waals surface area contributed by atoms with Crippen molar-refractivity contribution >= 4 is 23.5 Å². The molecule has 0 saturated carbocycles. The van der Waals surface area contributed by atoms with E-state index in [1.807, 2.05) is 4.90 Å². The molecular formula is C24H30FN3O4. The number of amides is 3. The number of likely N-dealkylation sites (tertiary alicyclic amines) is 2. The summed E-state index contributed by atoms with van der Waals surface area (Å²) >= 11 is 0. The van der Waals surface area contributed by atoms with Crippen molar-refractivity contribution < 1.29 is 23.5 Å². The Morgan fingerprint density at radius 3 is 2.22 bits per heavy atom. The highest BCUT2D eigenvalue weighted by atomic mass is 19.1. The van der Waals surface area contributed by atoms with Crippen LogP contribution in [0.15, 0.2) is 30.0 Å². The van der Waals surface area contributed by atoms with Gasteiger partial charge in [-0.2, -0.15) is 0 Å². The van der Waals surface area contributed by atoms with E-state index in [9.17, 15) is 18.8 Å². The number of ether oxygens (including phenoxy) is 1. The summed E-state index contributed by atoms with van der Waals surface area (Å²) in [5.74, 6) is -0.414. The highest BCUT2D eigenvalue weighted by Gasteiger charge is 2.46. The van der Waals surface area contributed by atoms with E-state index in [2.05, 4.69) is 6.92 Å². The van der Waals surface area contributed by atoms with Crippen molar-refractivity contribution in [2.45, 2.75) is 45.6 Å². The van der Waals surface area contributed by atoms with E-state index in [1.165, 1.54) is 17.0 Å². The average Bonchev–Trinajstić information content (AvgIpc) is 3.05. The van der Waals surface area contributed by atoms with Crippen molar-refractivity contribution in [3.63, 3.8) is 0 Å². The SMILES string of the molecule is CCOC(=O)N1CCC(N2C(=O)C(c3ccc(F)cc3)=C(N3CCC(C)CC3)C2=O)CC1. The van der Waals surface area contributed by atoms with Crippen LogP contribution in [0.1, 0.15) is 45.1 Å². The van der Waals surface area contributed by atoms with Gasteiger partial charge in [-0.3, -0.25) is 14.5 Å². The van der Waals surface area contributed by atoms with E-state index < -0.39 is 0 Å². The number of nitrogens with zero attached hydrogens (tertiary/aromatic N) is 3. The van der Waals surface area contributed by atoms with Crippen LogP contribution in [-0.4, -0.2) is 71.4 Å². The van der Waals surface area contributed by atoms with Crippen LogP contribution in [-0.2, 0) is 14.3 Å². The molecular weight excluding hydrogens is 413 g/mol. The molecule has 1 aromatic carbocycles. The van der Waals surface area contributed by atoms with E-state index in [-0.39, 0.29) is 29.8 Å². The van der Waals surface area contributed by atoms with Gasteiger partial charge in [-0.1, -0.05) is 19.1 Å². The Bertz CT molecular complexity index is 914. The number of halogens is 1. The predicted octanol–water partition coefficient (Wildman–Crippen LogP) is 3.26. The fourth-order valence-corrected chi connectivity index (χ4v) is 4.79. The molecule has 4 rings (SSSR count). The van der Waals surface area contributed by atoms with Crippen LogP contribution in [0.5, 0.6) is 0 Å². The van der Waals surface area contributed by atoms with Crippen LogP contribution < -0.4 is 0 Å². The summed E-state index contributed by atoms with van der Waals surface area (Å²) in [5.41, 5.74) is 1.35. The third-order valence-corrected chi connectivity index (χ3v) is 6.68. The summed E-state index contributed by atoms with van der Waals surface area (Å²) in [7, 11) is 0. The van der Waals surface area contributed by atoms with E-state index in [4.69, 9.17) is 4.74 Å². The Balaban J connectivity index is 1.59. The lowest BCUT2D eigenvalue weighted by Gasteiger charge is -2.36. The number of hydrogen-bond donors (Lipinski definition) is 0. The summed E-state index contributed by atoms with van der Waals surface area (Å²) < 4.78 is 18.6. The summed E-state index contributed by atoms with van der Waals surface area (Å²) in [5, 5.41) is 0. The standard InChI is InChI=1S/C24H30FN3O4/c1-3-32-24(31)27-14-10-19(11-15-27)28-22(29)20(17-4-6-18(25)7-5-17)21(23(28)30)26-12-8-16(2)9-13-26/h4-7,16,19H,3,8-15H2,1-2H3. The molecule has 0 radical (unpaired) electrons. The van der Waals surface area contributed by atoms with Gasteiger partial charge in [0.05, 0.1) is 12.2 Å². The third-order valence-electron chi connectivity index (χ3n) is 6.68. The largest absolute Gasteiger partial charge is 0.450 e. The molecule has 0 bridgehead atoms. The number of hydrogen-bond acceptors (Lipinski definition) is 5. The molecule has 1 aromatic rings. The minimum Gasteiger partial charge on any atom is -0.450 e. The van der Waals surface area contributed by atoms with E-state index >= 15 is 0 Å². The quantitative estimate of drug-likeness (QED) is 0.668. The Morgan fingerprint density at radius 2 is 1.62 bits per heavy atom. The molecule has 2 fully saturated rings. The van der Waals surface area contributed by atoms with E-state index in [0.29, 0.717) is 55.3 Å². The van der Waals surface area contributed by atoms with Gasteiger partial charge >= 0.3 is 6.09 Å². The van der Waals surface area contributed by atoms with Gasteiger partial charge in [0.15, 0.2) is 0 Å². The normalized spacial score (nSPS) is 21.0. The van der Waals surface area contributed by atoms with Crippen LogP contribution in [0, 0.1) is 11.7 Å². The maximum absolute atomic E-state index is 13.6. The third kappa shape index (κ3) is 4.23. The fraction of sp³-hybridized carbons (Fsp3) is 0.542. The Kier molecular flexibility index (Phi) is 6.48. The number of benzene rings is 1. The molecule has 0 aliphatic carbocycles. The highest BCUT2D eigenvalue weighted by Crippen LogP contribution is 2.36. The van der Waals surface area contributed by atoms with Crippen molar-refractivity contribution in [2.24, 2.45) is 5.92 Å². The summed E-state index contributed by atoms with van der Waals surface area (Å²) in [6, 6.07) is 5.48. The van der Waals surface area contributed by atoms with Gasteiger partial charge in [0, 0.05) is 32.2 Å². The first-order chi connectivity index (χ1) is 15.4. The average molecular weight is 444 g/mol. The van der Waals surface area contributed by atoms with E-state index in [1.54, 1.807) is 24.0 Å². The monoisotopic (exact) mass is 443 g/mol. The second-order valence-electron chi connectivity index (χ2n) is 8.80. The first kappa shape index (κ1) is 22.3. The Hall–Kier alpha value is -2.90. The lowest BCUT2D eigenvalue weighted by atomic mass is 9.97. The van der Waals surface area contributed by atoms with Crippen LogP contribution >= 0.6 is 0 Å². The number of carbonyl (C=O) groups is 3. The molecule has 0 spiro atoms. The van der Waals surface area contributed by atoms with Gasteiger partial charge in [0.1, 0.15) is 11.5 Å². The summed E-state index contributed by atoms with van der Waals surface area (Å²) in [6.45, 7) is 6.57. The van der Waals surface area contributed by atoms with Crippen LogP contribution in [0.3, 0.4) is 0 Å². The molecule has 0 N–H and O–H groups in total. The van der Waals surface area contributed by atoms with Crippen molar-refractivity contribution in [1.29, 1.82) is 0 Å². The molecule has 0 aromatic heterocycles. The predicted molar refractivity (Wildman–Crippen MR) is 117 cm³/mol. The van der Waals surface area contributed by atoms with Crippen molar-refractivity contribution in [2.75, 3.05) is 32.8 Å². The molecule has 172 valence electrons. The first-order valence-corrected chi connectivity index (χ1v) is 11.5. The zero-order valence-corrected chi connectivity index (χ0v) is 18.7. The minimum atomic E-state index is -0.386. The van der Waals surface area contributed by atoms with Gasteiger partial charge in [0.25, 0.3) is 11.8 Å². The van der Waals surface area contributed by atoms with Gasteiger partial charge in [0.2, 0.25) is 0 Å². The Labute approximate surface area is 187 Å². The molecule has 32 heavy (non-hydrogen) atoms. The van der Waals surface area contributed by atoms with Gasteiger partial charge in [-0.15, -0.1) is 0 Å². The van der Waals surface area contributed by atoms with Crippen molar-refractivity contribution in [1.82, 2.24) is 14.7 Å². The Morgan fingerprint density at radius 1 is 1.00 bits per heavy atom. The fourth-order valence-electron chi connectivity index (χ4n) is 4.79. The molecule has 0 atom stereocenters. The van der Waals surface area contributed by atoms with Gasteiger partial charge < -0.3 is 14.5 Å². The summed E-state index contributed by atoms with van der Waals surface area (Å²) in [6.07, 6.45) is 2.58. The van der Waals surface area contributed by atoms with Crippen LogP contribution in [0.2, 0.25) is 0 Å². The molecule has 3 amide bonds. The minimum absolute atomic E-state index is 0.279. The number of carbonyl (C=O) groups excluding carboxylic acids is 3.